The van der Waals surface area contributed by atoms with Gasteiger partial charge >= 0.3 is 0 Å². The molecule has 0 bridgehead atoms. The fraction of sp³-hybridized carbons (Fsp3) is 0.0625. The molecule has 2 aromatic carbocycles. The monoisotopic (exact) mass is 285 g/mol. The van der Waals surface area contributed by atoms with Crippen LogP contribution in [0.3, 0.4) is 0 Å². The molecule has 0 spiro atoms. The first-order valence-corrected chi connectivity index (χ1v) is 7.06. The lowest BCUT2D eigenvalue weighted by atomic mass is 10.1. The fourth-order valence-corrected chi connectivity index (χ4v) is 2.78. The molecule has 0 saturated heterocycles. The first-order valence-electron chi connectivity index (χ1n) is 6.18. The van der Waals surface area contributed by atoms with Gasteiger partial charge in [-0.15, -0.1) is 11.3 Å². The number of thiazole rings is 1. The van der Waals surface area contributed by atoms with E-state index in [1.54, 1.807) is 12.1 Å². The summed E-state index contributed by atoms with van der Waals surface area (Å²) < 4.78 is 12.9. The highest BCUT2D eigenvalue weighted by atomic mass is 32.1. The first-order chi connectivity index (χ1) is 9.74. The Morgan fingerprint density at radius 2 is 1.70 bits per heavy atom. The van der Waals surface area contributed by atoms with Crippen LogP contribution in [0.25, 0.3) is 11.3 Å². The maximum Gasteiger partial charge on any atom is 0.131 e. The van der Waals surface area contributed by atoms with Gasteiger partial charge < -0.3 is 5.11 Å². The summed E-state index contributed by atoms with van der Waals surface area (Å²) in [5.41, 5.74) is 2.40. The van der Waals surface area contributed by atoms with Crippen molar-refractivity contribution in [1.82, 2.24) is 4.98 Å². The molecule has 3 aromatic rings. The van der Waals surface area contributed by atoms with Crippen LogP contribution in [0.2, 0.25) is 0 Å². The average Bonchev–Trinajstić information content (AvgIpc) is 2.98. The Bertz CT molecular complexity index is 694. The lowest BCUT2D eigenvalue weighted by molar-refractivity contribution is 0.220. The van der Waals surface area contributed by atoms with E-state index in [9.17, 15) is 9.50 Å². The van der Waals surface area contributed by atoms with E-state index < -0.39 is 6.10 Å². The summed E-state index contributed by atoms with van der Waals surface area (Å²) in [6.07, 6.45) is -0.726. The van der Waals surface area contributed by atoms with E-state index in [-0.39, 0.29) is 5.82 Å². The third kappa shape index (κ3) is 2.61. The van der Waals surface area contributed by atoms with Gasteiger partial charge in [0.2, 0.25) is 0 Å². The van der Waals surface area contributed by atoms with Gasteiger partial charge in [0, 0.05) is 10.9 Å². The molecular formula is C16H12FNOS. The molecule has 0 amide bonds. The zero-order valence-corrected chi connectivity index (χ0v) is 11.3. The predicted octanol–water partition coefficient (Wildman–Crippen LogP) is 4.03. The fourth-order valence-electron chi connectivity index (χ4n) is 1.94. The minimum atomic E-state index is -0.726. The van der Waals surface area contributed by atoms with Crippen molar-refractivity contribution in [3.05, 3.63) is 76.4 Å². The van der Waals surface area contributed by atoms with Crippen molar-refractivity contribution < 1.29 is 9.50 Å². The van der Waals surface area contributed by atoms with Crippen LogP contribution < -0.4 is 0 Å². The summed E-state index contributed by atoms with van der Waals surface area (Å²) in [6.45, 7) is 0. The molecule has 0 radical (unpaired) electrons. The van der Waals surface area contributed by atoms with Gasteiger partial charge in [-0.25, -0.2) is 9.37 Å². The number of hydrogen-bond acceptors (Lipinski definition) is 3. The Balaban J connectivity index is 1.89. The summed E-state index contributed by atoms with van der Waals surface area (Å²) in [5.74, 6) is -0.270. The zero-order valence-electron chi connectivity index (χ0n) is 10.5. The lowest BCUT2D eigenvalue weighted by Crippen LogP contribution is -1.98. The molecule has 2 nitrogen and oxygen atoms in total. The van der Waals surface area contributed by atoms with E-state index in [4.69, 9.17) is 0 Å². The minimum Gasteiger partial charge on any atom is -0.381 e. The smallest absolute Gasteiger partial charge is 0.131 e. The van der Waals surface area contributed by atoms with Crippen LogP contribution in [0.4, 0.5) is 4.39 Å². The summed E-state index contributed by atoms with van der Waals surface area (Å²) in [4.78, 5) is 4.43. The van der Waals surface area contributed by atoms with Crippen molar-refractivity contribution in [2.75, 3.05) is 0 Å². The summed E-state index contributed by atoms with van der Waals surface area (Å²) >= 11 is 1.40. The first kappa shape index (κ1) is 13.0. The third-order valence-corrected chi connectivity index (χ3v) is 3.91. The number of hydrogen-bond donors (Lipinski definition) is 1. The molecule has 1 heterocycles. The van der Waals surface area contributed by atoms with Crippen LogP contribution >= 0.6 is 11.3 Å². The van der Waals surface area contributed by atoms with Crippen molar-refractivity contribution in [3.8, 4) is 11.3 Å². The van der Waals surface area contributed by atoms with Crippen molar-refractivity contribution in [1.29, 1.82) is 0 Å². The van der Waals surface area contributed by atoms with Crippen LogP contribution in [0.15, 0.2) is 60.0 Å². The van der Waals surface area contributed by atoms with Crippen molar-refractivity contribution >= 4 is 11.3 Å². The lowest BCUT2D eigenvalue weighted by Gasteiger charge is -2.06. The Hall–Kier alpha value is -2.04. The number of halogens is 1. The average molecular weight is 285 g/mol. The highest BCUT2D eigenvalue weighted by Crippen LogP contribution is 2.29. The van der Waals surface area contributed by atoms with Crippen LogP contribution in [0, 0.1) is 5.82 Å². The molecule has 3 rings (SSSR count). The van der Waals surface area contributed by atoms with Crippen LogP contribution in [-0.2, 0) is 0 Å². The summed E-state index contributed by atoms with van der Waals surface area (Å²) in [7, 11) is 0. The largest absolute Gasteiger partial charge is 0.381 e. The second-order valence-corrected chi connectivity index (χ2v) is 5.28. The second-order valence-electron chi connectivity index (χ2n) is 4.39. The SMILES string of the molecule is OC(c1ccccc1)c1nc(-c2ccc(F)cc2)cs1. The number of benzene rings is 2. The maximum atomic E-state index is 12.9. The number of nitrogens with zero attached hydrogens (tertiary/aromatic N) is 1. The van der Waals surface area contributed by atoms with Crippen LogP contribution in [0.1, 0.15) is 16.7 Å². The molecule has 1 unspecified atom stereocenters. The molecule has 0 aliphatic carbocycles. The van der Waals surface area contributed by atoms with Gasteiger partial charge in [0.15, 0.2) is 0 Å². The zero-order chi connectivity index (χ0) is 13.9. The molecule has 20 heavy (non-hydrogen) atoms. The number of aromatic nitrogens is 1. The molecule has 100 valence electrons. The molecule has 1 aromatic heterocycles. The van der Waals surface area contributed by atoms with Gasteiger partial charge in [0.05, 0.1) is 5.69 Å². The van der Waals surface area contributed by atoms with E-state index >= 15 is 0 Å². The predicted molar refractivity (Wildman–Crippen MR) is 78.0 cm³/mol. The molecule has 0 aliphatic rings. The summed E-state index contributed by atoms with van der Waals surface area (Å²) in [6, 6.07) is 15.6. The van der Waals surface area contributed by atoms with Crippen molar-refractivity contribution in [3.63, 3.8) is 0 Å². The number of rotatable bonds is 3. The van der Waals surface area contributed by atoms with Gasteiger partial charge in [-0.05, 0) is 29.8 Å². The quantitative estimate of drug-likeness (QED) is 0.788. The highest BCUT2D eigenvalue weighted by Gasteiger charge is 2.14. The van der Waals surface area contributed by atoms with Gasteiger partial charge in [0.1, 0.15) is 16.9 Å². The van der Waals surface area contributed by atoms with Gasteiger partial charge in [-0.3, -0.25) is 0 Å². The van der Waals surface area contributed by atoms with Crippen LogP contribution in [0.5, 0.6) is 0 Å². The molecule has 4 heteroatoms. The molecule has 0 aliphatic heterocycles. The van der Waals surface area contributed by atoms with E-state index in [2.05, 4.69) is 4.98 Å². The van der Waals surface area contributed by atoms with Gasteiger partial charge in [-0.2, -0.15) is 0 Å². The number of aliphatic hydroxyl groups excluding tert-OH is 1. The van der Waals surface area contributed by atoms with Crippen LogP contribution in [-0.4, -0.2) is 10.1 Å². The molecule has 1 N–H and O–H groups in total. The second kappa shape index (κ2) is 5.53. The number of aliphatic hydroxyl groups is 1. The maximum absolute atomic E-state index is 12.9. The van der Waals surface area contributed by atoms with E-state index in [0.29, 0.717) is 5.01 Å². The standard InChI is InChI=1S/C16H12FNOS/c17-13-8-6-11(7-9-13)14-10-20-16(18-14)15(19)12-4-2-1-3-5-12/h1-10,15,19H. The summed E-state index contributed by atoms with van der Waals surface area (Å²) in [5, 5.41) is 12.8. The third-order valence-electron chi connectivity index (χ3n) is 3.01. The molecular weight excluding hydrogens is 273 g/mol. The molecule has 0 fully saturated rings. The molecule has 0 saturated carbocycles. The van der Waals surface area contributed by atoms with E-state index in [0.717, 1.165) is 16.8 Å². The topological polar surface area (TPSA) is 33.1 Å². The Labute approximate surface area is 120 Å². The Kier molecular flexibility index (Phi) is 3.58. The Morgan fingerprint density at radius 1 is 1.00 bits per heavy atom. The van der Waals surface area contributed by atoms with E-state index in [1.165, 1.54) is 23.5 Å². The van der Waals surface area contributed by atoms with Crippen molar-refractivity contribution in [2.24, 2.45) is 0 Å². The van der Waals surface area contributed by atoms with E-state index in [1.807, 2.05) is 35.7 Å². The van der Waals surface area contributed by atoms with Crippen molar-refractivity contribution in [2.45, 2.75) is 6.10 Å². The Morgan fingerprint density at radius 3 is 2.40 bits per heavy atom. The van der Waals surface area contributed by atoms with Gasteiger partial charge in [0.25, 0.3) is 0 Å². The normalized spacial score (nSPS) is 12.3. The van der Waals surface area contributed by atoms with Gasteiger partial charge in [-0.1, -0.05) is 30.3 Å². The minimum absolute atomic E-state index is 0.270. The highest BCUT2D eigenvalue weighted by molar-refractivity contribution is 7.10. The molecule has 1 atom stereocenters.